The van der Waals surface area contributed by atoms with Crippen LogP contribution in [0.2, 0.25) is 0 Å². The Balaban J connectivity index is 0.00000385. The van der Waals surface area contributed by atoms with Crippen LogP contribution in [0.15, 0.2) is 39.7 Å². The monoisotopic (exact) mass is 569 g/mol. The first kappa shape index (κ1) is 27.6. The predicted octanol–water partition coefficient (Wildman–Crippen LogP) is 4.14. The number of halogens is 1. The van der Waals surface area contributed by atoms with Crippen molar-refractivity contribution in [3.8, 4) is 0 Å². The zero-order valence-electron chi connectivity index (χ0n) is 20.5. The topological polar surface area (TPSA) is 74.9 Å². The molecule has 0 amide bonds. The second-order valence-electron chi connectivity index (χ2n) is 8.91. The summed E-state index contributed by atoms with van der Waals surface area (Å²) in [7, 11) is 1.83. The molecule has 0 saturated carbocycles. The highest BCUT2D eigenvalue weighted by atomic mass is 127. The Morgan fingerprint density at radius 3 is 2.58 bits per heavy atom. The van der Waals surface area contributed by atoms with Gasteiger partial charge in [-0.1, -0.05) is 37.3 Å². The van der Waals surface area contributed by atoms with Crippen LogP contribution in [0.5, 0.6) is 0 Å². The Morgan fingerprint density at radius 1 is 1.21 bits per heavy atom. The number of rotatable bonds is 10. The molecule has 0 radical (unpaired) electrons. The van der Waals surface area contributed by atoms with Gasteiger partial charge in [0, 0.05) is 20.1 Å². The van der Waals surface area contributed by atoms with E-state index in [0.29, 0.717) is 18.4 Å². The number of hydrogen-bond acceptors (Lipinski definition) is 5. The van der Waals surface area contributed by atoms with Gasteiger partial charge in [0.25, 0.3) is 0 Å². The lowest BCUT2D eigenvalue weighted by atomic mass is 9.97. The van der Waals surface area contributed by atoms with Crippen molar-refractivity contribution >= 4 is 29.9 Å². The quantitative estimate of drug-likeness (QED) is 0.255. The molecule has 3 rings (SSSR count). The number of benzene rings is 1. The largest absolute Gasteiger partial charge is 0.444 e. The molecule has 0 bridgehead atoms. The van der Waals surface area contributed by atoms with Gasteiger partial charge in [0.05, 0.1) is 25.5 Å². The molecule has 7 nitrogen and oxygen atoms in total. The SMILES string of the molecule is CN=C(NCC(C)COCc1ccccc1)NCC1CCN(Cc2nc(C)c(C)o2)CC1.I. The number of nitrogens with zero attached hydrogens (tertiary/aromatic N) is 3. The van der Waals surface area contributed by atoms with E-state index in [4.69, 9.17) is 9.15 Å². The van der Waals surface area contributed by atoms with E-state index in [1.165, 1.54) is 18.4 Å². The number of aromatic nitrogens is 1. The van der Waals surface area contributed by atoms with E-state index in [1.807, 2.05) is 39.1 Å². The summed E-state index contributed by atoms with van der Waals surface area (Å²) in [6, 6.07) is 10.3. The van der Waals surface area contributed by atoms with Gasteiger partial charge < -0.3 is 19.8 Å². The van der Waals surface area contributed by atoms with Crippen LogP contribution in [0.25, 0.3) is 0 Å². The number of aliphatic imine (C=N–C) groups is 1. The zero-order valence-corrected chi connectivity index (χ0v) is 22.8. The molecule has 1 fully saturated rings. The summed E-state index contributed by atoms with van der Waals surface area (Å²) in [5.74, 6) is 3.69. The summed E-state index contributed by atoms with van der Waals surface area (Å²) in [6.45, 7) is 12.3. The van der Waals surface area contributed by atoms with Gasteiger partial charge in [-0.2, -0.15) is 0 Å². The van der Waals surface area contributed by atoms with Gasteiger partial charge in [-0.05, 0) is 57.2 Å². The minimum atomic E-state index is 0. The fourth-order valence-corrected chi connectivity index (χ4v) is 3.89. The molecular weight excluding hydrogens is 529 g/mol. The van der Waals surface area contributed by atoms with Crippen LogP contribution in [0.4, 0.5) is 0 Å². The molecule has 1 aliphatic heterocycles. The van der Waals surface area contributed by atoms with Crippen LogP contribution < -0.4 is 10.6 Å². The summed E-state index contributed by atoms with van der Waals surface area (Å²) in [5.41, 5.74) is 2.21. The molecule has 1 saturated heterocycles. The smallest absolute Gasteiger partial charge is 0.208 e. The molecule has 1 aromatic carbocycles. The molecule has 33 heavy (non-hydrogen) atoms. The second kappa shape index (κ2) is 14.6. The van der Waals surface area contributed by atoms with Gasteiger partial charge in [-0.3, -0.25) is 9.89 Å². The molecule has 1 unspecified atom stereocenters. The van der Waals surface area contributed by atoms with E-state index in [2.05, 4.69) is 44.6 Å². The third-order valence-corrected chi connectivity index (χ3v) is 6.05. The van der Waals surface area contributed by atoms with Crippen molar-refractivity contribution in [3.05, 3.63) is 53.2 Å². The molecule has 1 atom stereocenters. The summed E-state index contributed by atoms with van der Waals surface area (Å²) in [4.78, 5) is 11.3. The molecule has 184 valence electrons. The van der Waals surface area contributed by atoms with E-state index >= 15 is 0 Å². The summed E-state index contributed by atoms with van der Waals surface area (Å²) in [6.07, 6.45) is 2.35. The Bertz CT molecular complexity index is 815. The zero-order chi connectivity index (χ0) is 22.8. The first-order valence-electron chi connectivity index (χ1n) is 11.7. The average molecular weight is 570 g/mol. The van der Waals surface area contributed by atoms with Crippen LogP contribution in [-0.4, -0.2) is 55.7 Å². The van der Waals surface area contributed by atoms with Crippen molar-refractivity contribution in [2.24, 2.45) is 16.8 Å². The van der Waals surface area contributed by atoms with Gasteiger partial charge in [0.15, 0.2) is 5.96 Å². The van der Waals surface area contributed by atoms with E-state index in [0.717, 1.165) is 62.6 Å². The molecule has 2 aromatic rings. The highest BCUT2D eigenvalue weighted by Gasteiger charge is 2.21. The third-order valence-electron chi connectivity index (χ3n) is 6.05. The van der Waals surface area contributed by atoms with Gasteiger partial charge >= 0.3 is 0 Å². The first-order valence-corrected chi connectivity index (χ1v) is 11.7. The molecule has 2 heterocycles. The fraction of sp³-hybridized carbons (Fsp3) is 0.600. The minimum Gasteiger partial charge on any atom is -0.444 e. The lowest BCUT2D eigenvalue weighted by molar-refractivity contribution is 0.0931. The van der Waals surface area contributed by atoms with Crippen molar-refractivity contribution in [3.63, 3.8) is 0 Å². The summed E-state index contributed by atoms with van der Waals surface area (Å²) < 4.78 is 11.6. The molecular formula is C25H40IN5O2. The Kier molecular flexibility index (Phi) is 12.2. The van der Waals surface area contributed by atoms with Crippen LogP contribution in [0.3, 0.4) is 0 Å². The molecule has 1 aliphatic rings. The van der Waals surface area contributed by atoms with Crippen LogP contribution in [-0.2, 0) is 17.9 Å². The number of nitrogens with one attached hydrogen (secondary N) is 2. The standard InChI is InChI=1S/C25H39N5O2.HI/c1-19(17-31-18-23-8-6-5-7-9-23)14-27-25(26-4)28-15-22-10-12-30(13-11-22)16-24-29-20(2)21(3)32-24;/h5-9,19,22H,10-18H2,1-4H3,(H2,26,27,28);1H. The number of piperidine rings is 1. The Labute approximate surface area is 215 Å². The molecule has 0 spiro atoms. The maximum absolute atomic E-state index is 5.85. The van der Waals surface area contributed by atoms with Crippen LogP contribution >= 0.6 is 24.0 Å². The number of oxazole rings is 1. The normalized spacial score (nSPS) is 16.3. The second-order valence-corrected chi connectivity index (χ2v) is 8.91. The lowest BCUT2D eigenvalue weighted by Crippen LogP contribution is -2.44. The van der Waals surface area contributed by atoms with Crippen molar-refractivity contribution in [1.82, 2.24) is 20.5 Å². The number of hydrogen-bond donors (Lipinski definition) is 2. The van der Waals surface area contributed by atoms with Gasteiger partial charge in [0.1, 0.15) is 5.76 Å². The van der Waals surface area contributed by atoms with Crippen molar-refractivity contribution in [1.29, 1.82) is 0 Å². The lowest BCUT2D eigenvalue weighted by Gasteiger charge is -2.31. The third kappa shape index (κ3) is 9.62. The Hall–Kier alpha value is -1.65. The molecule has 1 aromatic heterocycles. The maximum atomic E-state index is 5.85. The van der Waals surface area contributed by atoms with Gasteiger partial charge in [-0.15, -0.1) is 24.0 Å². The van der Waals surface area contributed by atoms with Crippen LogP contribution in [0.1, 0.15) is 42.7 Å². The summed E-state index contributed by atoms with van der Waals surface area (Å²) in [5, 5.41) is 6.93. The van der Waals surface area contributed by atoms with E-state index in [9.17, 15) is 0 Å². The predicted molar refractivity (Wildman–Crippen MR) is 144 cm³/mol. The Morgan fingerprint density at radius 2 is 1.94 bits per heavy atom. The van der Waals surface area contributed by atoms with E-state index in [1.54, 1.807) is 0 Å². The number of ether oxygens (including phenoxy) is 1. The molecule has 8 heteroatoms. The number of aryl methyl sites for hydroxylation is 2. The van der Waals surface area contributed by atoms with Gasteiger partial charge in [0.2, 0.25) is 5.89 Å². The number of likely N-dealkylation sites (tertiary alicyclic amines) is 1. The van der Waals surface area contributed by atoms with E-state index in [-0.39, 0.29) is 24.0 Å². The van der Waals surface area contributed by atoms with Crippen molar-refractivity contribution < 1.29 is 9.15 Å². The fourth-order valence-electron chi connectivity index (χ4n) is 3.89. The average Bonchev–Trinajstić information content (AvgIpc) is 3.12. The maximum Gasteiger partial charge on any atom is 0.208 e. The first-order chi connectivity index (χ1) is 15.5. The highest BCUT2D eigenvalue weighted by Crippen LogP contribution is 2.19. The van der Waals surface area contributed by atoms with Crippen molar-refractivity contribution in [2.45, 2.75) is 46.8 Å². The number of guanidine groups is 1. The minimum absolute atomic E-state index is 0. The van der Waals surface area contributed by atoms with Crippen LogP contribution in [0, 0.1) is 25.7 Å². The molecule has 2 N–H and O–H groups in total. The highest BCUT2D eigenvalue weighted by molar-refractivity contribution is 14.0. The van der Waals surface area contributed by atoms with Crippen molar-refractivity contribution in [2.75, 3.05) is 39.8 Å². The molecule has 0 aliphatic carbocycles. The van der Waals surface area contributed by atoms with E-state index < -0.39 is 0 Å². The summed E-state index contributed by atoms with van der Waals surface area (Å²) >= 11 is 0. The van der Waals surface area contributed by atoms with Gasteiger partial charge in [-0.25, -0.2) is 4.98 Å².